The molecule has 0 aromatic carbocycles. The number of sulfonamides is 1. The van der Waals surface area contributed by atoms with Gasteiger partial charge in [0, 0.05) is 12.5 Å². The van der Waals surface area contributed by atoms with Gasteiger partial charge < -0.3 is 4.74 Å². The predicted octanol–water partition coefficient (Wildman–Crippen LogP) is 0.0916. The molecule has 0 aromatic heterocycles. The lowest BCUT2D eigenvalue weighted by atomic mass is 9.71. The Kier molecular flexibility index (Phi) is 2.75. The van der Waals surface area contributed by atoms with Crippen molar-refractivity contribution in [2.75, 3.05) is 19.5 Å². The van der Waals surface area contributed by atoms with E-state index in [-0.39, 0.29) is 11.2 Å². The average molecular weight is 193 g/mol. The Morgan fingerprint density at radius 1 is 1.50 bits per heavy atom. The molecule has 72 valence electrons. The summed E-state index contributed by atoms with van der Waals surface area (Å²) in [5.74, 6) is 0.0633. The lowest BCUT2D eigenvalue weighted by Gasteiger charge is -2.40. The van der Waals surface area contributed by atoms with E-state index in [1.165, 1.54) is 0 Å². The second kappa shape index (κ2) is 3.32. The number of hydrogen-bond donors (Lipinski definition) is 1. The van der Waals surface area contributed by atoms with Crippen molar-refractivity contribution in [3.63, 3.8) is 0 Å². The second-order valence-electron chi connectivity index (χ2n) is 3.59. The summed E-state index contributed by atoms with van der Waals surface area (Å²) < 4.78 is 26.6. The third kappa shape index (κ3) is 2.43. The van der Waals surface area contributed by atoms with Crippen LogP contribution in [0.2, 0.25) is 0 Å². The van der Waals surface area contributed by atoms with Crippen molar-refractivity contribution in [1.29, 1.82) is 0 Å². The zero-order chi connectivity index (χ0) is 9.24. The van der Waals surface area contributed by atoms with Gasteiger partial charge in [-0.25, -0.2) is 13.6 Å². The summed E-state index contributed by atoms with van der Waals surface area (Å²) in [6, 6.07) is 0. The molecule has 2 N–H and O–H groups in total. The maximum Gasteiger partial charge on any atom is 0.209 e. The van der Waals surface area contributed by atoms with Crippen molar-refractivity contribution >= 4 is 10.0 Å². The van der Waals surface area contributed by atoms with E-state index >= 15 is 0 Å². The van der Waals surface area contributed by atoms with E-state index in [4.69, 9.17) is 9.88 Å². The lowest BCUT2D eigenvalue weighted by Crippen LogP contribution is -2.42. The number of nitrogens with two attached hydrogens (primary N) is 1. The van der Waals surface area contributed by atoms with Crippen LogP contribution in [0.4, 0.5) is 0 Å². The molecule has 0 bridgehead atoms. The van der Waals surface area contributed by atoms with E-state index in [0.29, 0.717) is 6.61 Å². The molecule has 0 radical (unpaired) electrons. The van der Waals surface area contributed by atoms with Crippen LogP contribution in [0, 0.1) is 5.41 Å². The van der Waals surface area contributed by atoms with Crippen LogP contribution < -0.4 is 5.14 Å². The summed E-state index contributed by atoms with van der Waals surface area (Å²) in [4.78, 5) is 0. The molecule has 0 atom stereocenters. The Hall–Kier alpha value is -0.130. The Bertz CT molecular complexity index is 243. The zero-order valence-corrected chi connectivity index (χ0v) is 8.06. The van der Waals surface area contributed by atoms with E-state index in [1.54, 1.807) is 7.11 Å². The molecule has 0 saturated heterocycles. The largest absolute Gasteiger partial charge is 0.384 e. The molecular weight excluding hydrogens is 178 g/mol. The number of primary sulfonamides is 1. The Morgan fingerprint density at radius 2 is 2.08 bits per heavy atom. The first kappa shape index (κ1) is 9.95. The van der Waals surface area contributed by atoms with E-state index in [2.05, 4.69) is 0 Å². The maximum atomic E-state index is 10.8. The Morgan fingerprint density at radius 3 is 2.33 bits per heavy atom. The Balaban J connectivity index is 2.56. The highest BCUT2D eigenvalue weighted by Gasteiger charge is 2.40. The van der Waals surface area contributed by atoms with Gasteiger partial charge in [-0.3, -0.25) is 0 Å². The smallest absolute Gasteiger partial charge is 0.209 e. The van der Waals surface area contributed by atoms with Gasteiger partial charge >= 0.3 is 0 Å². The van der Waals surface area contributed by atoms with E-state index in [0.717, 1.165) is 19.3 Å². The molecule has 1 rings (SSSR count). The summed E-state index contributed by atoms with van der Waals surface area (Å²) in [5, 5.41) is 4.98. The summed E-state index contributed by atoms with van der Waals surface area (Å²) in [6.07, 6.45) is 2.91. The molecule has 0 heterocycles. The first-order chi connectivity index (χ1) is 5.47. The van der Waals surface area contributed by atoms with Gasteiger partial charge in [0.25, 0.3) is 0 Å². The monoisotopic (exact) mass is 193 g/mol. The van der Waals surface area contributed by atoms with E-state index < -0.39 is 10.0 Å². The highest BCUT2D eigenvalue weighted by molar-refractivity contribution is 7.89. The van der Waals surface area contributed by atoms with Crippen molar-refractivity contribution < 1.29 is 13.2 Å². The molecule has 0 unspecified atom stereocenters. The minimum absolute atomic E-state index is 0.0633. The predicted molar refractivity (Wildman–Crippen MR) is 46.1 cm³/mol. The van der Waals surface area contributed by atoms with Crippen LogP contribution in [0.5, 0.6) is 0 Å². The molecule has 1 fully saturated rings. The van der Waals surface area contributed by atoms with Gasteiger partial charge in [0.1, 0.15) is 0 Å². The third-order valence-corrected chi connectivity index (χ3v) is 3.39. The molecular formula is C7H15NO3S. The van der Waals surface area contributed by atoms with Crippen molar-refractivity contribution in [1.82, 2.24) is 0 Å². The van der Waals surface area contributed by atoms with Crippen LogP contribution in [0.25, 0.3) is 0 Å². The first-order valence-electron chi connectivity index (χ1n) is 3.97. The fraction of sp³-hybridized carbons (Fsp3) is 1.00. The molecule has 0 aliphatic heterocycles. The van der Waals surface area contributed by atoms with Crippen molar-refractivity contribution in [3.8, 4) is 0 Å². The van der Waals surface area contributed by atoms with Gasteiger partial charge in [-0.1, -0.05) is 6.42 Å². The van der Waals surface area contributed by atoms with Crippen LogP contribution in [-0.4, -0.2) is 27.9 Å². The summed E-state index contributed by atoms with van der Waals surface area (Å²) in [5.41, 5.74) is -0.178. The van der Waals surface area contributed by atoms with E-state index in [1.807, 2.05) is 0 Å². The highest BCUT2D eigenvalue weighted by atomic mass is 32.2. The summed E-state index contributed by atoms with van der Waals surface area (Å²) >= 11 is 0. The van der Waals surface area contributed by atoms with Gasteiger partial charge in [-0.15, -0.1) is 0 Å². The van der Waals surface area contributed by atoms with E-state index in [9.17, 15) is 8.42 Å². The van der Waals surface area contributed by atoms with Crippen LogP contribution in [0.1, 0.15) is 19.3 Å². The topological polar surface area (TPSA) is 69.4 Å². The number of hydrogen-bond acceptors (Lipinski definition) is 3. The van der Waals surface area contributed by atoms with Gasteiger partial charge in [0.2, 0.25) is 10.0 Å². The van der Waals surface area contributed by atoms with Gasteiger partial charge in [0.15, 0.2) is 0 Å². The number of rotatable bonds is 4. The normalized spacial score (nSPS) is 21.8. The molecule has 0 spiro atoms. The molecule has 1 saturated carbocycles. The van der Waals surface area contributed by atoms with Crippen molar-refractivity contribution in [2.45, 2.75) is 19.3 Å². The maximum absolute atomic E-state index is 10.8. The number of methoxy groups -OCH3 is 1. The second-order valence-corrected chi connectivity index (χ2v) is 5.21. The van der Waals surface area contributed by atoms with Crippen LogP contribution >= 0.6 is 0 Å². The molecule has 0 amide bonds. The van der Waals surface area contributed by atoms with Crippen molar-refractivity contribution in [3.05, 3.63) is 0 Å². The third-order valence-electron chi connectivity index (χ3n) is 2.37. The molecule has 0 aromatic rings. The SMILES string of the molecule is COCC1(CS(N)(=O)=O)CCC1. The van der Waals surface area contributed by atoms with Crippen LogP contribution in [0.15, 0.2) is 0 Å². The molecule has 1 aliphatic rings. The minimum atomic E-state index is -3.34. The molecule has 5 heteroatoms. The summed E-state index contributed by atoms with van der Waals surface area (Å²) in [6.45, 7) is 0.503. The fourth-order valence-corrected chi connectivity index (χ4v) is 2.97. The fourth-order valence-electron chi connectivity index (χ4n) is 1.74. The zero-order valence-electron chi connectivity index (χ0n) is 7.25. The van der Waals surface area contributed by atoms with Crippen LogP contribution in [0.3, 0.4) is 0 Å². The highest BCUT2D eigenvalue weighted by Crippen LogP contribution is 2.41. The standard InChI is InChI=1S/C7H15NO3S/c1-11-5-7(3-2-4-7)6-12(8,9)10/h2-6H2,1H3,(H2,8,9,10). The lowest BCUT2D eigenvalue weighted by molar-refractivity contribution is 0.0357. The summed E-state index contributed by atoms with van der Waals surface area (Å²) in [7, 11) is -1.76. The average Bonchev–Trinajstić information content (AvgIpc) is 1.80. The van der Waals surface area contributed by atoms with Gasteiger partial charge in [-0.2, -0.15) is 0 Å². The quantitative estimate of drug-likeness (QED) is 0.688. The minimum Gasteiger partial charge on any atom is -0.384 e. The van der Waals surface area contributed by atoms with Gasteiger partial charge in [0.05, 0.1) is 12.4 Å². The number of ether oxygens (including phenoxy) is 1. The molecule has 12 heavy (non-hydrogen) atoms. The first-order valence-corrected chi connectivity index (χ1v) is 5.68. The molecule has 4 nitrogen and oxygen atoms in total. The van der Waals surface area contributed by atoms with Crippen molar-refractivity contribution in [2.24, 2.45) is 10.6 Å². The molecule has 1 aliphatic carbocycles. The van der Waals surface area contributed by atoms with Gasteiger partial charge in [-0.05, 0) is 12.8 Å². The Labute approximate surface area is 73.1 Å². The van der Waals surface area contributed by atoms with Crippen LogP contribution in [-0.2, 0) is 14.8 Å².